The number of halogens is 2. The number of rotatable bonds is 8. The molecule has 0 amide bonds. The van der Waals surface area contributed by atoms with Gasteiger partial charge in [0, 0.05) is 10.0 Å². The van der Waals surface area contributed by atoms with Crippen LogP contribution in [0.2, 0.25) is 88.6 Å². The Kier molecular flexibility index (Phi) is 8.88. The SMILES string of the molecule is C[Si](C)(C)OC1(c2ccc(Cl)cc2)P([Si](C)(C)C)C(O[Si](C)(C)C)(c2ccc(Cl)cc2)P1[Si](C)(C)C. The Balaban J connectivity index is 2.51. The summed E-state index contributed by atoms with van der Waals surface area (Å²) in [5, 5.41) is 0.985. The molecule has 1 fully saturated rings. The van der Waals surface area contributed by atoms with E-state index in [-0.39, 0.29) is 10.2 Å². The molecule has 36 heavy (non-hydrogen) atoms. The van der Waals surface area contributed by atoms with Crippen molar-refractivity contribution < 1.29 is 8.85 Å². The summed E-state index contributed by atoms with van der Waals surface area (Å²) in [7, 11) is -8.95. The first-order valence-corrected chi connectivity index (χ1v) is 31.6. The fourth-order valence-corrected chi connectivity index (χ4v) is 51.3. The fourth-order valence-electron chi connectivity index (χ4n) is 5.39. The van der Waals surface area contributed by atoms with Crippen molar-refractivity contribution in [1.29, 1.82) is 0 Å². The first-order valence-electron chi connectivity index (χ1n) is 12.7. The lowest BCUT2D eigenvalue weighted by Gasteiger charge is -2.76. The molecule has 0 radical (unpaired) electrons. The van der Waals surface area contributed by atoms with Crippen LogP contribution in [0.15, 0.2) is 48.5 Å². The summed E-state index contributed by atoms with van der Waals surface area (Å²) < 4.78 is 15.2. The van der Waals surface area contributed by atoms with Gasteiger partial charge in [0.05, 0.1) is 15.5 Å². The second kappa shape index (κ2) is 10.3. The molecular formula is C26H44Cl2O2P2Si4. The van der Waals surface area contributed by atoms with Crippen molar-refractivity contribution in [2.45, 2.75) is 88.7 Å². The zero-order valence-electron chi connectivity index (χ0n) is 24.1. The maximum absolute atomic E-state index is 7.61. The van der Waals surface area contributed by atoms with E-state index in [2.05, 4.69) is 127 Å². The van der Waals surface area contributed by atoms with Crippen LogP contribution in [0.3, 0.4) is 0 Å². The predicted molar refractivity (Wildman–Crippen MR) is 176 cm³/mol. The van der Waals surface area contributed by atoms with Crippen molar-refractivity contribution in [1.82, 2.24) is 0 Å². The highest BCUT2D eigenvalue weighted by Crippen LogP contribution is 3.03. The molecule has 1 saturated heterocycles. The van der Waals surface area contributed by atoms with E-state index in [0.29, 0.717) is 0 Å². The fraction of sp³-hybridized carbons (Fsp3) is 0.538. The Morgan fingerprint density at radius 2 is 0.750 bits per heavy atom. The van der Waals surface area contributed by atoms with Gasteiger partial charge in [-0.2, -0.15) is 0 Å². The van der Waals surface area contributed by atoms with E-state index in [4.69, 9.17) is 32.1 Å². The summed E-state index contributed by atoms with van der Waals surface area (Å²) in [6.45, 7) is 29.3. The Hall–Kier alpha value is 0.668. The lowest BCUT2D eigenvalue weighted by molar-refractivity contribution is 0.169. The third kappa shape index (κ3) is 6.04. The minimum atomic E-state index is -1.95. The average molecular weight is 634 g/mol. The Bertz CT molecular complexity index is 975. The van der Waals surface area contributed by atoms with Gasteiger partial charge in [-0.3, -0.25) is 0 Å². The second-order valence-electron chi connectivity index (χ2n) is 13.7. The highest BCUT2D eigenvalue weighted by Gasteiger charge is 2.79. The molecule has 0 N–H and O–H groups in total. The molecule has 0 saturated carbocycles. The van der Waals surface area contributed by atoms with Crippen LogP contribution in [0.4, 0.5) is 0 Å². The molecule has 0 bridgehead atoms. The van der Waals surface area contributed by atoms with Crippen LogP contribution in [0.1, 0.15) is 11.1 Å². The van der Waals surface area contributed by atoms with Gasteiger partial charge in [0.25, 0.3) is 0 Å². The van der Waals surface area contributed by atoms with Gasteiger partial charge in [0.15, 0.2) is 16.6 Å². The van der Waals surface area contributed by atoms with E-state index in [0.717, 1.165) is 10.0 Å². The van der Waals surface area contributed by atoms with E-state index in [1.807, 2.05) is 0 Å². The molecule has 1 heterocycles. The zero-order chi connectivity index (χ0) is 27.5. The molecule has 2 nitrogen and oxygen atoms in total. The topological polar surface area (TPSA) is 18.5 Å². The molecule has 2 aromatic rings. The lowest BCUT2D eigenvalue weighted by Crippen LogP contribution is -2.63. The van der Waals surface area contributed by atoms with Gasteiger partial charge >= 0.3 is 0 Å². The molecule has 1 aliphatic heterocycles. The van der Waals surface area contributed by atoms with E-state index >= 15 is 0 Å². The van der Waals surface area contributed by atoms with Crippen molar-refractivity contribution in [3.05, 3.63) is 69.7 Å². The van der Waals surface area contributed by atoms with Gasteiger partial charge in [0.2, 0.25) is 0 Å². The molecule has 3 rings (SSSR count). The van der Waals surface area contributed by atoms with Gasteiger partial charge in [-0.25, -0.2) is 0 Å². The van der Waals surface area contributed by atoms with Gasteiger partial charge in [-0.05, 0) is 89.6 Å². The summed E-state index contributed by atoms with van der Waals surface area (Å²) in [4.78, 5) is 0. The minimum Gasteiger partial charge on any atom is -0.401 e. The lowest BCUT2D eigenvalue weighted by atomic mass is 10.2. The molecule has 2 aromatic carbocycles. The smallest absolute Gasteiger partial charge is 0.185 e. The molecule has 0 aliphatic carbocycles. The van der Waals surface area contributed by atoms with Crippen LogP contribution in [-0.2, 0) is 19.0 Å². The predicted octanol–water partition coefficient (Wildman–Crippen LogP) is 11.3. The summed E-state index contributed by atoms with van der Waals surface area (Å²) in [6.07, 6.45) is 0. The quantitative estimate of drug-likeness (QED) is 0.213. The third-order valence-electron chi connectivity index (χ3n) is 5.89. The maximum atomic E-state index is 7.61. The van der Waals surface area contributed by atoms with Crippen molar-refractivity contribution in [3.8, 4) is 0 Å². The Labute approximate surface area is 236 Å². The summed E-state index contributed by atoms with van der Waals surface area (Å²) in [6, 6.07) is 17.3. The van der Waals surface area contributed by atoms with Crippen molar-refractivity contribution in [2.24, 2.45) is 0 Å². The Morgan fingerprint density at radius 1 is 0.500 bits per heavy atom. The summed E-state index contributed by atoms with van der Waals surface area (Å²) in [5.41, 5.74) is 2.64. The molecule has 1 aliphatic rings. The number of benzene rings is 2. The average Bonchev–Trinajstić information content (AvgIpc) is 2.63. The van der Waals surface area contributed by atoms with E-state index < -0.39 is 47.1 Å². The van der Waals surface area contributed by atoms with Gasteiger partial charge < -0.3 is 8.85 Å². The molecule has 0 aromatic heterocycles. The van der Waals surface area contributed by atoms with Crippen LogP contribution in [-0.4, -0.2) is 32.1 Å². The second-order valence-corrected chi connectivity index (χ2v) is 47.4. The Morgan fingerprint density at radius 3 is 0.944 bits per heavy atom. The third-order valence-corrected chi connectivity index (χ3v) is 31.9. The van der Waals surface area contributed by atoms with Gasteiger partial charge in [0.1, 0.15) is 10.2 Å². The van der Waals surface area contributed by atoms with E-state index in [1.165, 1.54) is 11.1 Å². The van der Waals surface area contributed by atoms with Crippen LogP contribution in [0.25, 0.3) is 0 Å². The molecule has 0 spiro atoms. The normalized spacial score (nSPS) is 27.6. The highest BCUT2D eigenvalue weighted by molar-refractivity contribution is 8.21. The van der Waals surface area contributed by atoms with Crippen LogP contribution < -0.4 is 0 Å². The van der Waals surface area contributed by atoms with Crippen LogP contribution >= 0.6 is 38.1 Å². The largest absolute Gasteiger partial charge is 0.401 e. The molecule has 200 valence electrons. The highest BCUT2D eigenvalue weighted by atomic mass is 35.5. The first kappa shape index (κ1) is 31.2. The number of hydrogen-bond donors (Lipinski definition) is 0. The minimum absolute atomic E-state index is 0.284. The summed E-state index contributed by atoms with van der Waals surface area (Å²) >= 11 is 12.9. The van der Waals surface area contributed by atoms with Gasteiger partial charge in [-0.15, -0.1) is 0 Å². The van der Waals surface area contributed by atoms with E-state index in [1.54, 1.807) is 0 Å². The van der Waals surface area contributed by atoms with Crippen molar-refractivity contribution in [3.63, 3.8) is 0 Å². The zero-order valence-corrected chi connectivity index (χ0v) is 31.4. The van der Waals surface area contributed by atoms with Crippen LogP contribution in [0, 0.1) is 0 Å². The molecule has 10 heteroatoms. The molecule has 0 unspecified atom stereocenters. The number of hydrogen-bond acceptors (Lipinski definition) is 2. The standard InChI is InChI=1S/C26H44Cl2O2P2Si4/c1-33(2,3)29-25(21-13-17-23(27)18-14-21)31(35(7,8)9)26(30-34(4,5)6,32(25)36(10,11)12)22-15-19-24(28)20-16-22/h13-20H,1-12H3. The monoisotopic (exact) mass is 632 g/mol. The maximum Gasteiger partial charge on any atom is 0.185 e. The molecule has 0 atom stereocenters. The van der Waals surface area contributed by atoms with Crippen LogP contribution in [0.5, 0.6) is 0 Å². The van der Waals surface area contributed by atoms with E-state index in [9.17, 15) is 0 Å². The molecular weight excluding hydrogens is 589 g/mol. The van der Waals surface area contributed by atoms with Gasteiger partial charge in [-0.1, -0.05) is 86.7 Å². The first-order chi connectivity index (χ1) is 16.1. The van der Waals surface area contributed by atoms with Crippen molar-refractivity contribution >= 4 is 70.3 Å². The van der Waals surface area contributed by atoms with Crippen molar-refractivity contribution in [2.75, 3.05) is 0 Å². The summed E-state index contributed by atoms with van der Waals surface area (Å²) in [5.74, 6) is 0.